The van der Waals surface area contributed by atoms with Gasteiger partial charge >= 0.3 is 0 Å². The van der Waals surface area contributed by atoms with Crippen molar-refractivity contribution in [1.82, 2.24) is 15.1 Å². The van der Waals surface area contributed by atoms with Crippen LogP contribution < -0.4 is 5.32 Å². The minimum absolute atomic E-state index is 0.466. The molecule has 0 radical (unpaired) electrons. The zero-order valence-electron chi connectivity index (χ0n) is 13.2. The first-order chi connectivity index (χ1) is 9.19. The number of aromatic nitrogens is 2. The Morgan fingerprint density at radius 3 is 2.47 bits per heavy atom. The summed E-state index contributed by atoms with van der Waals surface area (Å²) < 4.78 is 2.04. The molecule has 1 rings (SSSR count). The molecule has 19 heavy (non-hydrogen) atoms. The van der Waals surface area contributed by atoms with Crippen LogP contribution in [-0.4, -0.2) is 16.3 Å². The lowest BCUT2D eigenvalue weighted by molar-refractivity contribution is 0.444. The standard InChI is InChI=1S/C16H31N3/c1-5-7-8-9-10-11-15(17-12-6-2)16-13-14(3)18-19(16)4/h13,15,17H,5-12H2,1-4H3. The number of hydrogen-bond acceptors (Lipinski definition) is 2. The average molecular weight is 265 g/mol. The molecule has 0 saturated heterocycles. The van der Waals surface area contributed by atoms with Crippen molar-refractivity contribution in [2.24, 2.45) is 7.05 Å². The summed E-state index contributed by atoms with van der Waals surface area (Å²) in [6.07, 6.45) is 9.14. The lowest BCUT2D eigenvalue weighted by atomic mass is 10.0. The number of aryl methyl sites for hydroxylation is 2. The summed E-state index contributed by atoms with van der Waals surface area (Å²) in [7, 11) is 2.06. The van der Waals surface area contributed by atoms with Gasteiger partial charge in [-0.15, -0.1) is 0 Å². The predicted molar refractivity (Wildman–Crippen MR) is 82.4 cm³/mol. The second-order valence-corrected chi connectivity index (χ2v) is 5.54. The first kappa shape index (κ1) is 16.2. The molecule has 0 saturated carbocycles. The van der Waals surface area contributed by atoms with Crippen LogP contribution in [0.3, 0.4) is 0 Å². The fraction of sp³-hybridized carbons (Fsp3) is 0.812. The van der Waals surface area contributed by atoms with E-state index in [1.807, 2.05) is 4.68 Å². The van der Waals surface area contributed by atoms with Crippen molar-refractivity contribution in [1.29, 1.82) is 0 Å². The molecule has 3 heteroatoms. The molecule has 110 valence electrons. The SMILES string of the molecule is CCCCCCCC(NCCC)c1cc(C)nn1C. The van der Waals surface area contributed by atoms with E-state index in [1.165, 1.54) is 50.6 Å². The summed E-state index contributed by atoms with van der Waals surface area (Å²) in [5.41, 5.74) is 2.45. The van der Waals surface area contributed by atoms with Crippen LogP contribution in [0.1, 0.15) is 76.2 Å². The van der Waals surface area contributed by atoms with Crippen molar-refractivity contribution in [3.8, 4) is 0 Å². The van der Waals surface area contributed by atoms with E-state index in [0.717, 1.165) is 12.2 Å². The van der Waals surface area contributed by atoms with Crippen LogP contribution in [0.5, 0.6) is 0 Å². The summed E-state index contributed by atoms with van der Waals surface area (Å²) in [6.45, 7) is 7.65. The van der Waals surface area contributed by atoms with E-state index >= 15 is 0 Å². The molecule has 0 aliphatic carbocycles. The Morgan fingerprint density at radius 1 is 1.16 bits per heavy atom. The largest absolute Gasteiger partial charge is 0.309 e. The third kappa shape index (κ3) is 5.77. The Morgan fingerprint density at radius 2 is 1.89 bits per heavy atom. The van der Waals surface area contributed by atoms with Crippen LogP contribution in [-0.2, 0) is 7.05 Å². The molecule has 0 amide bonds. The van der Waals surface area contributed by atoms with Crippen molar-refractivity contribution in [3.05, 3.63) is 17.5 Å². The van der Waals surface area contributed by atoms with E-state index in [4.69, 9.17) is 0 Å². The van der Waals surface area contributed by atoms with Crippen LogP contribution in [0.2, 0.25) is 0 Å². The van der Waals surface area contributed by atoms with Crippen LogP contribution in [0.4, 0.5) is 0 Å². The van der Waals surface area contributed by atoms with Crippen molar-refractivity contribution in [2.45, 2.75) is 71.8 Å². The molecule has 0 fully saturated rings. The highest BCUT2D eigenvalue weighted by atomic mass is 15.3. The fourth-order valence-corrected chi connectivity index (χ4v) is 2.58. The summed E-state index contributed by atoms with van der Waals surface area (Å²) >= 11 is 0. The molecule has 0 aliphatic heterocycles. The van der Waals surface area contributed by atoms with E-state index in [2.05, 4.69) is 44.3 Å². The van der Waals surface area contributed by atoms with Gasteiger partial charge in [-0.3, -0.25) is 4.68 Å². The van der Waals surface area contributed by atoms with E-state index in [9.17, 15) is 0 Å². The third-order valence-corrected chi connectivity index (χ3v) is 3.63. The maximum atomic E-state index is 4.47. The number of hydrogen-bond donors (Lipinski definition) is 1. The monoisotopic (exact) mass is 265 g/mol. The summed E-state index contributed by atoms with van der Waals surface area (Å²) in [5.74, 6) is 0. The second-order valence-electron chi connectivity index (χ2n) is 5.54. The molecule has 1 unspecified atom stereocenters. The maximum Gasteiger partial charge on any atom is 0.0597 e. The maximum absolute atomic E-state index is 4.47. The van der Waals surface area contributed by atoms with Gasteiger partial charge in [-0.05, 0) is 32.4 Å². The van der Waals surface area contributed by atoms with Gasteiger partial charge in [-0.1, -0.05) is 46.0 Å². The zero-order chi connectivity index (χ0) is 14.1. The quantitative estimate of drug-likeness (QED) is 0.645. The molecule has 0 spiro atoms. The minimum atomic E-state index is 0.466. The highest BCUT2D eigenvalue weighted by Gasteiger charge is 2.14. The van der Waals surface area contributed by atoms with Crippen LogP contribution >= 0.6 is 0 Å². The third-order valence-electron chi connectivity index (χ3n) is 3.63. The van der Waals surface area contributed by atoms with Crippen LogP contribution in [0, 0.1) is 6.92 Å². The Hall–Kier alpha value is -0.830. The van der Waals surface area contributed by atoms with Gasteiger partial charge in [0.1, 0.15) is 0 Å². The minimum Gasteiger partial charge on any atom is -0.309 e. The lowest BCUT2D eigenvalue weighted by Crippen LogP contribution is -2.24. The molecule has 1 atom stereocenters. The van der Waals surface area contributed by atoms with Gasteiger partial charge in [-0.25, -0.2) is 0 Å². The van der Waals surface area contributed by atoms with Crippen LogP contribution in [0.15, 0.2) is 6.07 Å². The Balaban J connectivity index is 2.49. The lowest BCUT2D eigenvalue weighted by Gasteiger charge is -2.18. The smallest absolute Gasteiger partial charge is 0.0597 e. The molecule has 0 bridgehead atoms. The molecule has 0 aromatic carbocycles. The fourth-order valence-electron chi connectivity index (χ4n) is 2.58. The Kier molecular flexibility index (Phi) is 7.80. The van der Waals surface area contributed by atoms with Gasteiger partial charge < -0.3 is 5.32 Å². The summed E-state index contributed by atoms with van der Waals surface area (Å²) in [6, 6.07) is 2.69. The average Bonchev–Trinajstić information content (AvgIpc) is 2.72. The normalized spacial score (nSPS) is 12.8. The van der Waals surface area contributed by atoms with Gasteiger partial charge in [-0.2, -0.15) is 5.10 Å². The van der Waals surface area contributed by atoms with Crippen molar-refractivity contribution >= 4 is 0 Å². The van der Waals surface area contributed by atoms with Gasteiger partial charge in [0, 0.05) is 13.1 Å². The molecule has 3 nitrogen and oxygen atoms in total. The molecular weight excluding hydrogens is 234 g/mol. The number of nitrogens with one attached hydrogen (secondary N) is 1. The van der Waals surface area contributed by atoms with Gasteiger partial charge in [0.05, 0.1) is 11.4 Å². The molecule has 1 aromatic rings. The van der Waals surface area contributed by atoms with Gasteiger partial charge in [0.2, 0.25) is 0 Å². The van der Waals surface area contributed by atoms with Crippen molar-refractivity contribution < 1.29 is 0 Å². The molecular formula is C16H31N3. The first-order valence-corrected chi connectivity index (χ1v) is 7.93. The molecule has 1 N–H and O–H groups in total. The van der Waals surface area contributed by atoms with E-state index < -0.39 is 0 Å². The molecule has 1 heterocycles. The highest BCUT2D eigenvalue weighted by Crippen LogP contribution is 2.21. The van der Waals surface area contributed by atoms with E-state index in [-0.39, 0.29) is 0 Å². The first-order valence-electron chi connectivity index (χ1n) is 7.93. The van der Waals surface area contributed by atoms with E-state index in [0.29, 0.717) is 6.04 Å². The number of unbranched alkanes of at least 4 members (excludes halogenated alkanes) is 4. The Bertz CT molecular complexity index is 344. The van der Waals surface area contributed by atoms with Crippen LogP contribution in [0.25, 0.3) is 0 Å². The summed E-state index contributed by atoms with van der Waals surface area (Å²) in [4.78, 5) is 0. The zero-order valence-corrected chi connectivity index (χ0v) is 13.2. The highest BCUT2D eigenvalue weighted by molar-refractivity contribution is 5.13. The topological polar surface area (TPSA) is 29.9 Å². The number of rotatable bonds is 10. The van der Waals surface area contributed by atoms with Crippen molar-refractivity contribution in [3.63, 3.8) is 0 Å². The van der Waals surface area contributed by atoms with Crippen molar-refractivity contribution in [2.75, 3.05) is 6.54 Å². The Labute approximate surface area is 118 Å². The summed E-state index contributed by atoms with van der Waals surface area (Å²) in [5, 5.41) is 8.14. The second kappa shape index (κ2) is 9.13. The molecule has 0 aliphatic rings. The number of nitrogens with zero attached hydrogens (tertiary/aromatic N) is 2. The van der Waals surface area contributed by atoms with Gasteiger partial charge in [0.15, 0.2) is 0 Å². The molecule has 1 aromatic heterocycles. The van der Waals surface area contributed by atoms with Gasteiger partial charge in [0.25, 0.3) is 0 Å². The van der Waals surface area contributed by atoms with E-state index in [1.54, 1.807) is 0 Å². The predicted octanol–water partition coefficient (Wildman–Crippen LogP) is 4.13.